The predicted molar refractivity (Wildman–Crippen MR) is 265 cm³/mol. The number of nitrogens with two attached hydrogens (primary N) is 1. The standard InChI is InChI=1S/C51H72N10O10/c1-7-30(6)45-51(71)60-37(21-28(2)3)48(68)58-38(22-31-17-19-34(62)20-18-31)46(66)54-26-42(64)57-39(23-32-25-53-36-16-12-11-15-35(32)36)49(69)59-40(24-41(52)63)47(67)55-27-43(65)61(45)44(29(4)5)50(70)56-33-13-9-8-10-14-33/h11-12,15-20,25,28-30,33,37-40,44-45,53,62H,7-10,13-14,21-24,26-27H2,1-6H3,(H2,52,63)(H,54,66)(H,55,67)(H,56,70)(H,57,64)(H,58,68)(H,59,69)(H,60,71)/t30-,37-,38-,39-,40-,44?,45-/m0/s1. The molecule has 0 spiro atoms. The first-order valence-corrected chi connectivity index (χ1v) is 24.7. The predicted octanol–water partition coefficient (Wildman–Crippen LogP) is 1.48. The maximum Gasteiger partial charge on any atom is 0.243 e. The molecule has 9 amide bonds. The van der Waals surface area contributed by atoms with Crippen LogP contribution in [-0.2, 0) is 56.0 Å². The van der Waals surface area contributed by atoms with E-state index in [1.54, 1.807) is 45.2 Å². The normalized spacial score (nSPS) is 22.8. The van der Waals surface area contributed by atoms with E-state index in [1.807, 2.05) is 39.0 Å². The minimum atomic E-state index is -1.66. The molecule has 3 aromatic rings. The highest BCUT2D eigenvalue weighted by molar-refractivity contribution is 6.00. The highest BCUT2D eigenvalue weighted by Crippen LogP contribution is 2.26. The number of carbonyl (C=O) groups excluding carboxylic acids is 9. The molecule has 5 rings (SSSR count). The highest BCUT2D eigenvalue weighted by Gasteiger charge is 2.44. The molecule has 71 heavy (non-hydrogen) atoms. The zero-order valence-corrected chi connectivity index (χ0v) is 41.6. The summed E-state index contributed by atoms with van der Waals surface area (Å²) in [7, 11) is 0. The number of benzene rings is 2. The van der Waals surface area contributed by atoms with Crippen molar-refractivity contribution in [3.63, 3.8) is 0 Å². The molecule has 2 aromatic carbocycles. The Morgan fingerprint density at radius 3 is 1.99 bits per heavy atom. The van der Waals surface area contributed by atoms with Crippen LogP contribution >= 0.6 is 0 Å². The smallest absolute Gasteiger partial charge is 0.243 e. The quantitative estimate of drug-likeness (QED) is 0.111. The number of hydrogen-bond acceptors (Lipinski definition) is 10. The van der Waals surface area contributed by atoms with Crippen LogP contribution in [0.25, 0.3) is 10.9 Å². The molecule has 2 heterocycles. The van der Waals surface area contributed by atoms with Gasteiger partial charge in [-0.1, -0.05) is 97.6 Å². The number of hydrogen-bond donors (Lipinski definition) is 10. The Balaban J connectivity index is 1.61. The number of H-pyrrole nitrogens is 1. The molecular weight excluding hydrogens is 913 g/mol. The van der Waals surface area contributed by atoms with Gasteiger partial charge in [-0.2, -0.15) is 0 Å². The average Bonchev–Trinajstić information content (AvgIpc) is 3.73. The molecule has 1 saturated carbocycles. The summed E-state index contributed by atoms with van der Waals surface area (Å²) in [6.45, 7) is 9.23. The maximum absolute atomic E-state index is 15.0. The van der Waals surface area contributed by atoms with Crippen LogP contribution in [0.3, 0.4) is 0 Å². The molecule has 20 nitrogen and oxygen atoms in total. The topological polar surface area (TPSA) is 303 Å². The second kappa shape index (κ2) is 25.7. The molecule has 0 radical (unpaired) electrons. The second-order valence-electron chi connectivity index (χ2n) is 19.6. The number of phenolic OH excluding ortho intramolecular Hbond substituents is 1. The molecule has 1 unspecified atom stereocenters. The number of carbonyl (C=O) groups is 9. The number of aromatic amines is 1. The number of phenols is 1. The fraction of sp³-hybridized carbons (Fsp3) is 0.549. The minimum absolute atomic E-state index is 0.0348. The van der Waals surface area contributed by atoms with E-state index in [-0.39, 0.29) is 37.0 Å². The average molecular weight is 985 g/mol. The molecule has 0 bridgehead atoms. The number of para-hydroxylation sites is 1. The SMILES string of the molecule is CC[C@H](C)[C@H]1C(=O)N[C@@H](CC(C)C)C(=O)N[C@@H](Cc2ccc(O)cc2)C(=O)NCC(=O)N[C@@H](Cc2c[nH]c3ccccc23)C(=O)N[C@@H](CC(N)=O)C(=O)NCC(=O)N1C(C(=O)NC1CCCCC1)C(C)C. The Labute approximate surface area is 414 Å². The summed E-state index contributed by atoms with van der Waals surface area (Å²) in [5, 5.41) is 29.7. The summed E-state index contributed by atoms with van der Waals surface area (Å²) in [6, 6.07) is 4.71. The molecule has 1 aliphatic heterocycles. The summed E-state index contributed by atoms with van der Waals surface area (Å²) < 4.78 is 0. The zero-order chi connectivity index (χ0) is 51.9. The minimum Gasteiger partial charge on any atom is -0.508 e. The lowest BCUT2D eigenvalue weighted by Crippen LogP contribution is -2.65. The van der Waals surface area contributed by atoms with Crippen LogP contribution in [0.1, 0.15) is 104 Å². The van der Waals surface area contributed by atoms with E-state index >= 15 is 4.79 Å². The lowest BCUT2D eigenvalue weighted by atomic mass is 9.90. The van der Waals surface area contributed by atoms with Gasteiger partial charge in [-0.3, -0.25) is 43.2 Å². The number of fused-ring (bicyclic) bond motifs is 1. The van der Waals surface area contributed by atoms with Crippen molar-refractivity contribution in [2.45, 2.75) is 148 Å². The number of primary amides is 1. The molecule has 11 N–H and O–H groups in total. The van der Waals surface area contributed by atoms with E-state index < -0.39 is 121 Å². The Hall–Kier alpha value is -6.99. The molecule has 1 aliphatic carbocycles. The fourth-order valence-corrected chi connectivity index (χ4v) is 9.28. The molecule has 1 aromatic heterocycles. The molecule has 2 fully saturated rings. The number of nitrogens with one attached hydrogen (secondary N) is 8. The Morgan fingerprint density at radius 2 is 1.34 bits per heavy atom. The largest absolute Gasteiger partial charge is 0.508 e. The van der Waals surface area contributed by atoms with Crippen LogP contribution in [0.15, 0.2) is 54.7 Å². The van der Waals surface area contributed by atoms with Crippen molar-refractivity contribution >= 4 is 64.1 Å². The van der Waals surface area contributed by atoms with Crippen molar-refractivity contribution in [3.8, 4) is 5.75 Å². The van der Waals surface area contributed by atoms with Crippen molar-refractivity contribution in [2.75, 3.05) is 13.1 Å². The summed E-state index contributed by atoms with van der Waals surface area (Å²) in [6.07, 6.45) is 5.41. The maximum atomic E-state index is 15.0. The van der Waals surface area contributed by atoms with E-state index in [2.05, 4.69) is 42.2 Å². The van der Waals surface area contributed by atoms with Gasteiger partial charge in [-0.05, 0) is 66.3 Å². The van der Waals surface area contributed by atoms with Crippen molar-refractivity contribution in [1.29, 1.82) is 0 Å². The van der Waals surface area contributed by atoms with Gasteiger partial charge in [0.05, 0.1) is 19.5 Å². The molecule has 2 aliphatic rings. The van der Waals surface area contributed by atoms with Gasteiger partial charge in [0.1, 0.15) is 42.0 Å². The molecule has 1 saturated heterocycles. The number of nitrogens with zero attached hydrogens (tertiary/aromatic N) is 1. The molecule has 20 heteroatoms. The van der Waals surface area contributed by atoms with Gasteiger partial charge < -0.3 is 57.9 Å². The van der Waals surface area contributed by atoms with Crippen molar-refractivity contribution in [1.82, 2.24) is 47.1 Å². The summed E-state index contributed by atoms with van der Waals surface area (Å²) >= 11 is 0. The second-order valence-corrected chi connectivity index (χ2v) is 19.6. The van der Waals surface area contributed by atoms with Gasteiger partial charge in [-0.25, -0.2) is 0 Å². The summed E-state index contributed by atoms with van der Waals surface area (Å²) in [5.41, 5.74) is 7.47. The highest BCUT2D eigenvalue weighted by atomic mass is 16.3. The number of aromatic hydroxyl groups is 1. The molecule has 7 atom stereocenters. The van der Waals surface area contributed by atoms with Gasteiger partial charge in [-0.15, -0.1) is 0 Å². The van der Waals surface area contributed by atoms with E-state index in [0.717, 1.165) is 43.0 Å². The third-order valence-electron chi connectivity index (χ3n) is 13.2. The van der Waals surface area contributed by atoms with Crippen LogP contribution in [0, 0.1) is 17.8 Å². The van der Waals surface area contributed by atoms with Crippen LogP contribution in [0.2, 0.25) is 0 Å². The fourth-order valence-electron chi connectivity index (χ4n) is 9.28. The molecular formula is C51H72N10O10. The van der Waals surface area contributed by atoms with E-state index in [9.17, 15) is 43.5 Å². The van der Waals surface area contributed by atoms with E-state index in [0.29, 0.717) is 17.5 Å². The van der Waals surface area contributed by atoms with Crippen molar-refractivity contribution in [3.05, 3.63) is 65.9 Å². The van der Waals surface area contributed by atoms with Crippen molar-refractivity contribution in [2.24, 2.45) is 23.5 Å². The van der Waals surface area contributed by atoms with E-state index in [4.69, 9.17) is 5.73 Å². The number of rotatable bonds is 14. The lowest BCUT2D eigenvalue weighted by molar-refractivity contribution is -0.152. The Kier molecular flexibility index (Phi) is 19.9. The zero-order valence-electron chi connectivity index (χ0n) is 41.6. The third kappa shape index (κ3) is 15.5. The third-order valence-corrected chi connectivity index (χ3v) is 13.2. The first-order chi connectivity index (χ1) is 33.8. The number of amides is 9. The lowest BCUT2D eigenvalue weighted by Gasteiger charge is -2.42. The summed E-state index contributed by atoms with van der Waals surface area (Å²) in [4.78, 5) is 132. The van der Waals surface area contributed by atoms with Gasteiger partial charge in [0.25, 0.3) is 0 Å². The first-order valence-electron chi connectivity index (χ1n) is 24.7. The van der Waals surface area contributed by atoms with Gasteiger partial charge in [0.2, 0.25) is 53.2 Å². The monoisotopic (exact) mass is 985 g/mol. The van der Waals surface area contributed by atoms with Crippen molar-refractivity contribution < 1.29 is 48.3 Å². The van der Waals surface area contributed by atoms with Gasteiger partial charge in [0, 0.05) is 36.0 Å². The Morgan fingerprint density at radius 1 is 0.732 bits per heavy atom. The number of aromatic nitrogens is 1. The molecule has 386 valence electrons. The first kappa shape index (κ1) is 54.9. The van der Waals surface area contributed by atoms with E-state index in [1.165, 1.54) is 17.0 Å². The van der Waals surface area contributed by atoms with Crippen LogP contribution in [-0.4, -0.2) is 124 Å². The summed E-state index contributed by atoms with van der Waals surface area (Å²) in [5.74, 6) is -8.78. The van der Waals surface area contributed by atoms with Gasteiger partial charge in [0.15, 0.2) is 0 Å². The van der Waals surface area contributed by atoms with Gasteiger partial charge >= 0.3 is 0 Å². The van der Waals surface area contributed by atoms with Crippen LogP contribution in [0.5, 0.6) is 5.75 Å². The van der Waals surface area contributed by atoms with Crippen LogP contribution in [0.4, 0.5) is 0 Å². The van der Waals surface area contributed by atoms with Crippen LogP contribution < -0.4 is 43.0 Å². The Bertz CT molecular complexity index is 2380.